The predicted octanol–water partition coefficient (Wildman–Crippen LogP) is 3.39. The average Bonchev–Trinajstić information content (AvgIpc) is 3.33. The number of nitrogens with zero attached hydrogens (tertiary/aromatic N) is 3. The van der Waals surface area contributed by atoms with Crippen molar-refractivity contribution in [3.8, 4) is 11.5 Å². The van der Waals surface area contributed by atoms with Gasteiger partial charge in [-0.25, -0.2) is 4.98 Å². The molecule has 0 saturated carbocycles. The number of thiophene rings is 1. The van der Waals surface area contributed by atoms with E-state index in [-0.39, 0.29) is 11.5 Å². The maximum Gasteiger partial charge on any atom is 0.264 e. The molecule has 1 amide bonds. The minimum atomic E-state index is -0.118. The summed E-state index contributed by atoms with van der Waals surface area (Å²) in [5.41, 5.74) is 1.62. The minimum absolute atomic E-state index is 0.0285. The number of aromatic nitrogens is 2. The quantitative estimate of drug-likeness (QED) is 0.603. The third kappa shape index (κ3) is 3.45. The molecule has 1 aliphatic heterocycles. The molecule has 3 heterocycles. The van der Waals surface area contributed by atoms with E-state index in [0.717, 1.165) is 29.8 Å². The molecule has 2 aromatic heterocycles. The Labute approximate surface area is 178 Å². The van der Waals surface area contributed by atoms with Crippen molar-refractivity contribution in [1.82, 2.24) is 14.5 Å². The molecule has 7 nitrogen and oxygen atoms in total. The van der Waals surface area contributed by atoms with Gasteiger partial charge in [-0.15, -0.1) is 11.3 Å². The molecule has 0 spiro atoms. The molecule has 0 atom stereocenters. The third-order valence-corrected chi connectivity index (χ3v) is 6.57. The smallest absolute Gasteiger partial charge is 0.264 e. The van der Waals surface area contributed by atoms with Crippen LogP contribution in [0.2, 0.25) is 0 Å². The summed E-state index contributed by atoms with van der Waals surface area (Å²) >= 11 is 1.31. The van der Waals surface area contributed by atoms with Gasteiger partial charge in [-0.1, -0.05) is 6.07 Å². The van der Waals surface area contributed by atoms with Crippen LogP contribution in [0.1, 0.15) is 40.0 Å². The predicted molar refractivity (Wildman–Crippen MR) is 117 cm³/mol. The Morgan fingerprint density at radius 2 is 2.13 bits per heavy atom. The van der Waals surface area contributed by atoms with Crippen molar-refractivity contribution in [3.05, 3.63) is 50.4 Å². The maximum atomic E-state index is 13.2. The van der Waals surface area contributed by atoms with Crippen LogP contribution < -0.4 is 15.0 Å². The number of carbonyl (C=O) groups excluding carboxylic acids is 1. The summed E-state index contributed by atoms with van der Waals surface area (Å²) in [6.07, 6.45) is 1.75. The summed E-state index contributed by atoms with van der Waals surface area (Å²) in [4.78, 5) is 33.6. The Bertz CT molecular complexity index is 1180. The Morgan fingerprint density at radius 1 is 1.33 bits per heavy atom. The minimum Gasteiger partial charge on any atom is -0.493 e. The van der Waals surface area contributed by atoms with Gasteiger partial charge in [0.25, 0.3) is 11.5 Å². The Morgan fingerprint density at radius 3 is 2.87 bits per heavy atom. The zero-order chi connectivity index (χ0) is 21.4. The molecule has 0 aliphatic carbocycles. The number of aryl methyl sites for hydroxylation is 2. The van der Waals surface area contributed by atoms with Crippen molar-refractivity contribution in [2.45, 2.75) is 39.8 Å². The van der Waals surface area contributed by atoms with E-state index in [9.17, 15) is 9.59 Å². The van der Waals surface area contributed by atoms with Crippen LogP contribution in [0.4, 0.5) is 0 Å². The molecule has 158 valence electrons. The monoisotopic (exact) mass is 427 g/mol. The first-order valence-electron chi connectivity index (χ1n) is 10.0. The largest absolute Gasteiger partial charge is 0.493 e. The lowest BCUT2D eigenvalue weighted by Crippen LogP contribution is -2.26. The van der Waals surface area contributed by atoms with E-state index < -0.39 is 0 Å². The number of methoxy groups -OCH3 is 1. The molecule has 0 bridgehead atoms. The van der Waals surface area contributed by atoms with Gasteiger partial charge in [0, 0.05) is 26.6 Å². The Balaban J connectivity index is 1.62. The van der Waals surface area contributed by atoms with Crippen molar-refractivity contribution in [2.75, 3.05) is 20.8 Å². The second kappa shape index (κ2) is 8.10. The van der Waals surface area contributed by atoms with Crippen LogP contribution in [0.3, 0.4) is 0 Å². The Kier molecular flexibility index (Phi) is 5.51. The van der Waals surface area contributed by atoms with Crippen LogP contribution in [0, 0.1) is 6.92 Å². The van der Waals surface area contributed by atoms with Crippen LogP contribution in [-0.2, 0) is 19.5 Å². The summed E-state index contributed by atoms with van der Waals surface area (Å²) in [7, 11) is 3.36. The van der Waals surface area contributed by atoms with Crippen LogP contribution in [-0.4, -0.2) is 41.1 Å². The Hall–Kier alpha value is -2.87. The average molecular weight is 428 g/mol. The van der Waals surface area contributed by atoms with E-state index in [1.165, 1.54) is 11.3 Å². The van der Waals surface area contributed by atoms with Crippen molar-refractivity contribution < 1.29 is 14.3 Å². The van der Waals surface area contributed by atoms with Crippen molar-refractivity contribution >= 4 is 27.5 Å². The number of amides is 1. The summed E-state index contributed by atoms with van der Waals surface area (Å²) in [5.74, 6) is 2.02. The number of ether oxygens (including phenoxy) is 2. The summed E-state index contributed by atoms with van der Waals surface area (Å²) in [6, 6.07) is 5.66. The number of benzene rings is 1. The molecular weight excluding hydrogens is 402 g/mol. The molecule has 30 heavy (non-hydrogen) atoms. The first-order chi connectivity index (χ1) is 14.4. The second-order valence-electron chi connectivity index (χ2n) is 7.40. The summed E-state index contributed by atoms with van der Waals surface area (Å²) < 4.78 is 12.7. The second-order valence-corrected chi connectivity index (χ2v) is 8.40. The van der Waals surface area contributed by atoms with Gasteiger partial charge in [0.15, 0.2) is 11.5 Å². The lowest BCUT2D eigenvalue weighted by atomic mass is 10.1. The molecule has 1 aliphatic rings. The summed E-state index contributed by atoms with van der Waals surface area (Å²) in [5, 5.41) is 0.574. The van der Waals surface area contributed by atoms with Crippen LogP contribution in [0.15, 0.2) is 23.0 Å². The summed E-state index contributed by atoms with van der Waals surface area (Å²) in [6.45, 7) is 5.43. The fourth-order valence-corrected chi connectivity index (χ4v) is 5.07. The molecule has 4 rings (SSSR count). The van der Waals surface area contributed by atoms with Crippen LogP contribution >= 0.6 is 11.3 Å². The number of rotatable bonds is 6. The lowest BCUT2D eigenvalue weighted by Gasteiger charge is -2.18. The van der Waals surface area contributed by atoms with E-state index in [0.29, 0.717) is 46.3 Å². The molecular formula is C22H25N3O4S. The molecule has 0 saturated heterocycles. The maximum absolute atomic E-state index is 13.2. The van der Waals surface area contributed by atoms with Crippen molar-refractivity contribution in [2.24, 2.45) is 0 Å². The molecule has 1 aromatic carbocycles. The van der Waals surface area contributed by atoms with Gasteiger partial charge in [-0.2, -0.15) is 0 Å². The van der Waals surface area contributed by atoms with Gasteiger partial charge in [0.1, 0.15) is 10.7 Å². The van der Waals surface area contributed by atoms with Crippen molar-refractivity contribution in [3.63, 3.8) is 0 Å². The highest BCUT2D eigenvalue weighted by Gasteiger charge is 2.25. The first-order valence-corrected chi connectivity index (χ1v) is 10.8. The number of carbonyl (C=O) groups is 1. The van der Waals surface area contributed by atoms with Gasteiger partial charge >= 0.3 is 0 Å². The highest BCUT2D eigenvalue weighted by Crippen LogP contribution is 2.31. The lowest BCUT2D eigenvalue weighted by molar-refractivity contribution is 0.0789. The van der Waals surface area contributed by atoms with Crippen LogP contribution in [0.25, 0.3) is 10.2 Å². The van der Waals surface area contributed by atoms with Gasteiger partial charge in [-0.3, -0.25) is 14.2 Å². The topological polar surface area (TPSA) is 73.7 Å². The standard InChI is InChI=1S/C22H25N3O4S/c1-5-29-15-9-8-14(11-16(15)28-4)12-24(3)22(27)19-13(2)18-20(30-19)23-17-7-6-10-25(17)21(18)26/h8-9,11H,5-7,10,12H2,1-4H3. The molecule has 3 aromatic rings. The molecule has 0 unspecified atom stereocenters. The van der Waals surface area contributed by atoms with Gasteiger partial charge in [0.2, 0.25) is 0 Å². The van der Waals surface area contributed by atoms with Crippen LogP contribution in [0.5, 0.6) is 11.5 Å². The highest BCUT2D eigenvalue weighted by molar-refractivity contribution is 7.20. The fourth-order valence-electron chi connectivity index (χ4n) is 3.88. The fraction of sp³-hybridized carbons (Fsp3) is 0.409. The number of hydrogen-bond donors (Lipinski definition) is 0. The molecule has 0 fully saturated rings. The molecule has 0 N–H and O–H groups in total. The molecule has 0 radical (unpaired) electrons. The first kappa shape index (κ1) is 20.4. The van der Waals surface area contributed by atoms with E-state index in [2.05, 4.69) is 4.98 Å². The third-order valence-electron chi connectivity index (χ3n) is 5.40. The number of fused-ring (bicyclic) bond motifs is 2. The van der Waals surface area contributed by atoms with Gasteiger partial charge < -0.3 is 14.4 Å². The normalized spacial score (nSPS) is 12.8. The van der Waals surface area contributed by atoms with Gasteiger partial charge in [0.05, 0.1) is 24.0 Å². The zero-order valence-electron chi connectivity index (χ0n) is 17.7. The highest BCUT2D eigenvalue weighted by atomic mass is 32.1. The molecule has 8 heteroatoms. The van der Waals surface area contributed by atoms with Gasteiger partial charge in [-0.05, 0) is 43.5 Å². The van der Waals surface area contributed by atoms with Crippen molar-refractivity contribution in [1.29, 1.82) is 0 Å². The SMILES string of the molecule is CCOc1ccc(CN(C)C(=O)c2sc3nc4n(c(=O)c3c2C)CCC4)cc1OC. The van der Waals surface area contributed by atoms with E-state index in [1.54, 1.807) is 23.6 Å². The van der Waals surface area contributed by atoms with E-state index in [1.807, 2.05) is 32.0 Å². The number of hydrogen-bond acceptors (Lipinski definition) is 6. The van der Waals surface area contributed by atoms with E-state index >= 15 is 0 Å². The zero-order valence-corrected chi connectivity index (χ0v) is 18.5. The van der Waals surface area contributed by atoms with E-state index in [4.69, 9.17) is 9.47 Å².